The van der Waals surface area contributed by atoms with Gasteiger partial charge < -0.3 is 5.32 Å². The number of primary sulfonamides is 1. The molecule has 0 radical (unpaired) electrons. The molecular formula is C15H20N2O2S2. The van der Waals surface area contributed by atoms with Crippen LogP contribution in [-0.2, 0) is 23.0 Å². The monoisotopic (exact) mass is 324 g/mol. The second-order valence-electron chi connectivity index (χ2n) is 4.94. The molecule has 0 fully saturated rings. The zero-order valence-electron chi connectivity index (χ0n) is 12.2. The Hall–Kier alpha value is -1.21. The third-order valence-corrected chi connectivity index (χ3v) is 5.52. The van der Waals surface area contributed by atoms with Crippen molar-refractivity contribution in [1.82, 2.24) is 5.32 Å². The van der Waals surface area contributed by atoms with Crippen LogP contribution in [-0.4, -0.2) is 8.42 Å². The average molecular weight is 324 g/mol. The summed E-state index contributed by atoms with van der Waals surface area (Å²) in [6, 6.07) is 11.1. The molecule has 0 aliphatic carbocycles. The first-order chi connectivity index (χ1) is 9.90. The zero-order chi connectivity index (χ0) is 15.5. The summed E-state index contributed by atoms with van der Waals surface area (Å²) >= 11 is 1.82. The molecule has 0 spiro atoms. The second-order valence-corrected chi connectivity index (χ2v) is 7.75. The second kappa shape index (κ2) is 6.70. The van der Waals surface area contributed by atoms with Gasteiger partial charge in [-0.05, 0) is 43.2 Å². The Labute approximate surface area is 130 Å². The first-order valence-electron chi connectivity index (χ1n) is 6.84. The van der Waals surface area contributed by atoms with Crippen LogP contribution in [0.2, 0.25) is 0 Å². The SMILES string of the molecule is CCc1ccc(CNC(C)c2ccc(S(N)(=O)=O)cc2)s1. The standard InChI is InChI=1S/C15H20N2O2S2/c1-3-13-6-7-14(20-13)10-17-11(2)12-4-8-15(9-5-12)21(16,18)19/h4-9,11,17H,3,10H2,1-2H3,(H2,16,18,19). The number of thiophene rings is 1. The Morgan fingerprint density at radius 3 is 2.29 bits per heavy atom. The molecule has 114 valence electrons. The Morgan fingerprint density at radius 1 is 1.14 bits per heavy atom. The topological polar surface area (TPSA) is 72.2 Å². The number of benzene rings is 1. The molecule has 0 bridgehead atoms. The lowest BCUT2D eigenvalue weighted by atomic mass is 10.1. The van der Waals surface area contributed by atoms with E-state index >= 15 is 0 Å². The summed E-state index contributed by atoms with van der Waals surface area (Å²) in [5, 5.41) is 8.53. The van der Waals surface area contributed by atoms with Gasteiger partial charge in [-0.15, -0.1) is 11.3 Å². The number of nitrogens with one attached hydrogen (secondary N) is 1. The molecular weight excluding hydrogens is 304 g/mol. The highest BCUT2D eigenvalue weighted by molar-refractivity contribution is 7.89. The average Bonchev–Trinajstić information content (AvgIpc) is 2.92. The largest absolute Gasteiger partial charge is 0.305 e. The van der Waals surface area contributed by atoms with Gasteiger partial charge in [0.05, 0.1) is 4.90 Å². The summed E-state index contributed by atoms with van der Waals surface area (Å²) in [6.07, 6.45) is 1.06. The van der Waals surface area contributed by atoms with Crippen LogP contribution < -0.4 is 10.5 Å². The van der Waals surface area contributed by atoms with E-state index in [1.807, 2.05) is 11.3 Å². The maximum absolute atomic E-state index is 11.2. The van der Waals surface area contributed by atoms with Crippen molar-refractivity contribution < 1.29 is 8.42 Å². The van der Waals surface area contributed by atoms with Gasteiger partial charge in [-0.2, -0.15) is 0 Å². The van der Waals surface area contributed by atoms with Crippen molar-refractivity contribution in [2.75, 3.05) is 0 Å². The molecule has 4 nitrogen and oxygen atoms in total. The van der Waals surface area contributed by atoms with Crippen molar-refractivity contribution >= 4 is 21.4 Å². The predicted molar refractivity (Wildman–Crippen MR) is 86.8 cm³/mol. The molecule has 1 aromatic carbocycles. The molecule has 21 heavy (non-hydrogen) atoms. The normalized spacial score (nSPS) is 13.3. The van der Waals surface area contributed by atoms with Crippen LogP contribution >= 0.6 is 11.3 Å². The van der Waals surface area contributed by atoms with Crippen LogP contribution in [0.3, 0.4) is 0 Å². The number of sulfonamides is 1. The van der Waals surface area contributed by atoms with Crippen molar-refractivity contribution in [3.8, 4) is 0 Å². The highest BCUT2D eigenvalue weighted by Crippen LogP contribution is 2.19. The molecule has 6 heteroatoms. The fraction of sp³-hybridized carbons (Fsp3) is 0.333. The van der Waals surface area contributed by atoms with E-state index in [1.165, 1.54) is 9.75 Å². The van der Waals surface area contributed by atoms with Crippen LogP contribution in [0.5, 0.6) is 0 Å². The van der Waals surface area contributed by atoms with Gasteiger partial charge in [-0.25, -0.2) is 13.6 Å². The van der Waals surface area contributed by atoms with E-state index in [0.29, 0.717) is 0 Å². The lowest BCUT2D eigenvalue weighted by molar-refractivity contribution is 0.577. The van der Waals surface area contributed by atoms with E-state index in [-0.39, 0.29) is 10.9 Å². The Bertz CT molecular complexity index is 691. The fourth-order valence-electron chi connectivity index (χ4n) is 2.03. The minimum atomic E-state index is -3.62. The highest BCUT2D eigenvalue weighted by atomic mass is 32.2. The van der Waals surface area contributed by atoms with Gasteiger partial charge in [0.2, 0.25) is 10.0 Å². The molecule has 0 saturated carbocycles. The maximum atomic E-state index is 11.2. The molecule has 0 aliphatic heterocycles. The fourth-order valence-corrected chi connectivity index (χ4v) is 3.45. The molecule has 0 saturated heterocycles. The molecule has 2 rings (SSSR count). The lowest BCUT2D eigenvalue weighted by Gasteiger charge is -2.14. The predicted octanol–water partition coefficient (Wildman–Crippen LogP) is 2.81. The Morgan fingerprint density at radius 2 is 1.76 bits per heavy atom. The molecule has 1 atom stereocenters. The maximum Gasteiger partial charge on any atom is 0.238 e. The number of nitrogens with two attached hydrogens (primary N) is 1. The van der Waals surface area contributed by atoms with E-state index < -0.39 is 10.0 Å². The molecule has 0 aliphatic rings. The van der Waals surface area contributed by atoms with Gasteiger partial charge in [0.1, 0.15) is 0 Å². The molecule has 3 N–H and O–H groups in total. The molecule has 0 amide bonds. The molecule has 2 aromatic rings. The highest BCUT2D eigenvalue weighted by Gasteiger charge is 2.10. The van der Waals surface area contributed by atoms with Crippen LogP contribution in [0.4, 0.5) is 0 Å². The summed E-state index contributed by atoms with van der Waals surface area (Å²) in [4.78, 5) is 2.83. The van der Waals surface area contributed by atoms with Crippen molar-refractivity contribution in [3.05, 3.63) is 51.7 Å². The minimum Gasteiger partial charge on any atom is -0.305 e. The Balaban J connectivity index is 1.98. The molecule has 1 unspecified atom stereocenters. The van der Waals surface area contributed by atoms with Gasteiger partial charge in [-0.1, -0.05) is 19.1 Å². The van der Waals surface area contributed by atoms with Crippen molar-refractivity contribution in [2.24, 2.45) is 5.14 Å². The molecule has 1 heterocycles. The quantitative estimate of drug-likeness (QED) is 0.858. The summed E-state index contributed by atoms with van der Waals surface area (Å²) < 4.78 is 22.4. The summed E-state index contributed by atoms with van der Waals surface area (Å²) in [5.74, 6) is 0. The van der Waals surface area contributed by atoms with Gasteiger partial charge >= 0.3 is 0 Å². The summed E-state index contributed by atoms with van der Waals surface area (Å²) in [7, 11) is -3.62. The summed E-state index contributed by atoms with van der Waals surface area (Å²) in [5.41, 5.74) is 1.04. The Kier molecular flexibility index (Phi) is 5.16. The zero-order valence-corrected chi connectivity index (χ0v) is 13.8. The van der Waals surface area contributed by atoms with E-state index in [2.05, 4.69) is 31.3 Å². The van der Waals surface area contributed by atoms with Gasteiger partial charge in [0, 0.05) is 22.3 Å². The number of rotatable bonds is 6. The third-order valence-electron chi connectivity index (χ3n) is 3.36. The first-order valence-corrected chi connectivity index (χ1v) is 9.20. The van der Waals surface area contributed by atoms with E-state index in [0.717, 1.165) is 18.5 Å². The van der Waals surface area contributed by atoms with Crippen LogP contribution in [0.25, 0.3) is 0 Å². The minimum absolute atomic E-state index is 0.143. The van der Waals surface area contributed by atoms with Crippen LogP contribution in [0.1, 0.15) is 35.2 Å². The van der Waals surface area contributed by atoms with Crippen LogP contribution in [0, 0.1) is 0 Å². The van der Waals surface area contributed by atoms with Gasteiger partial charge in [0.15, 0.2) is 0 Å². The smallest absolute Gasteiger partial charge is 0.238 e. The van der Waals surface area contributed by atoms with Crippen LogP contribution in [0.15, 0.2) is 41.3 Å². The summed E-state index contributed by atoms with van der Waals surface area (Å²) in [6.45, 7) is 5.02. The van der Waals surface area contributed by atoms with Crippen molar-refractivity contribution in [2.45, 2.75) is 37.8 Å². The van der Waals surface area contributed by atoms with E-state index in [4.69, 9.17) is 5.14 Å². The lowest BCUT2D eigenvalue weighted by Crippen LogP contribution is -2.18. The van der Waals surface area contributed by atoms with E-state index in [9.17, 15) is 8.42 Å². The van der Waals surface area contributed by atoms with Crippen molar-refractivity contribution in [3.63, 3.8) is 0 Å². The molecule has 1 aromatic heterocycles. The van der Waals surface area contributed by atoms with Crippen molar-refractivity contribution in [1.29, 1.82) is 0 Å². The first kappa shape index (κ1) is 16.2. The van der Waals surface area contributed by atoms with Gasteiger partial charge in [0.25, 0.3) is 0 Å². The third kappa shape index (κ3) is 4.38. The number of hydrogen-bond acceptors (Lipinski definition) is 4. The van der Waals surface area contributed by atoms with E-state index in [1.54, 1.807) is 24.3 Å². The number of hydrogen-bond donors (Lipinski definition) is 2. The van der Waals surface area contributed by atoms with Gasteiger partial charge in [-0.3, -0.25) is 0 Å². The number of aryl methyl sites for hydroxylation is 1.